The van der Waals surface area contributed by atoms with E-state index >= 15 is 0 Å². The summed E-state index contributed by atoms with van der Waals surface area (Å²) in [5.41, 5.74) is 1.77. The topological polar surface area (TPSA) is 97.6 Å². The molecule has 29 heavy (non-hydrogen) atoms. The van der Waals surface area contributed by atoms with Gasteiger partial charge in [0.1, 0.15) is 15.6 Å². The lowest BCUT2D eigenvalue weighted by atomic mass is 10.3. The highest BCUT2D eigenvalue weighted by Crippen LogP contribution is 2.14. The second-order valence-electron chi connectivity index (χ2n) is 6.61. The van der Waals surface area contributed by atoms with Gasteiger partial charge in [0, 0.05) is 25.0 Å². The molecule has 1 aromatic heterocycles. The highest BCUT2D eigenvalue weighted by Gasteiger charge is 2.10. The molecule has 0 bridgehead atoms. The molecular weight excluding hydrogens is 505 g/mol. The van der Waals surface area contributed by atoms with Gasteiger partial charge in [-0.05, 0) is 50.6 Å². The van der Waals surface area contributed by atoms with Crippen LogP contribution in [0, 0.1) is 0 Å². The number of methoxy groups -OCH3 is 1. The van der Waals surface area contributed by atoms with Crippen molar-refractivity contribution in [1.29, 1.82) is 0 Å². The van der Waals surface area contributed by atoms with E-state index in [4.69, 9.17) is 4.74 Å². The normalized spacial score (nSPS) is 12.8. The van der Waals surface area contributed by atoms with E-state index in [9.17, 15) is 8.42 Å². The number of hydrogen-bond donors (Lipinski definition) is 2. The molecule has 0 aliphatic carbocycles. The van der Waals surface area contributed by atoms with E-state index < -0.39 is 9.84 Å². The molecular formula is C19H30IN5O3S. The van der Waals surface area contributed by atoms with Gasteiger partial charge in [0.05, 0.1) is 30.8 Å². The Bertz CT molecular complexity index is 882. The number of rotatable bonds is 9. The fourth-order valence-electron chi connectivity index (χ4n) is 2.50. The van der Waals surface area contributed by atoms with Crippen LogP contribution in [0.4, 0.5) is 0 Å². The molecule has 1 unspecified atom stereocenters. The second kappa shape index (κ2) is 12.0. The summed E-state index contributed by atoms with van der Waals surface area (Å²) in [5.74, 6) is 1.59. The van der Waals surface area contributed by atoms with Gasteiger partial charge >= 0.3 is 0 Å². The number of ether oxygens (including phenoxy) is 1. The van der Waals surface area contributed by atoms with Crippen molar-refractivity contribution < 1.29 is 13.2 Å². The fourth-order valence-corrected chi connectivity index (χ4v) is 3.28. The molecule has 2 rings (SSSR count). The Kier molecular flexibility index (Phi) is 10.4. The first-order valence-electron chi connectivity index (χ1n) is 9.22. The molecule has 1 atom stereocenters. The van der Waals surface area contributed by atoms with Crippen LogP contribution in [-0.2, 0) is 16.4 Å². The molecule has 1 aromatic carbocycles. The number of hydrogen-bond acceptors (Lipinski definition) is 5. The molecule has 2 N–H and O–H groups in total. The van der Waals surface area contributed by atoms with Gasteiger partial charge in [0.2, 0.25) is 0 Å². The summed E-state index contributed by atoms with van der Waals surface area (Å²) in [7, 11) is -1.34. The van der Waals surface area contributed by atoms with Crippen LogP contribution in [-0.4, -0.2) is 55.9 Å². The van der Waals surface area contributed by atoms with Crippen molar-refractivity contribution in [2.75, 3.05) is 25.7 Å². The standard InChI is InChI=1S/C19H29N5O3S.HI/c1-5-20-19(22-15(2)11-13-28(4,25)26)21-14-16-10-12-24(23-16)17-6-8-18(27-3)9-7-17;/h6-10,12,15H,5,11,13-14H2,1-4H3,(H2,20,21,22);1H. The zero-order chi connectivity index (χ0) is 20.6. The van der Waals surface area contributed by atoms with E-state index in [0.29, 0.717) is 25.5 Å². The maximum Gasteiger partial charge on any atom is 0.191 e. The second-order valence-corrected chi connectivity index (χ2v) is 8.87. The van der Waals surface area contributed by atoms with Crippen molar-refractivity contribution in [1.82, 2.24) is 20.4 Å². The number of aliphatic imine (C=N–C) groups is 1. The smallest absolute Gasteiger partial charge is 0.191 e. The fraction of sp³-hybridized carbons (Fsp3) is 0.474. The third kappa shape index (κ3) is 9.03. The molecule has 0 aliphatic rings. The lowest BCUT2D eigenvalue weighted by molar-refractivity contribution is 0.414. The number of halogens is 1. The maximum absolute atomic E-state index is 11.3. The quantitative estimate of drug-likeness (QED) is 0.291. The van der Waals surface area contributed by atoms with Crippen LogP contribution in [0.5, 0.6) is 5.75 Å². The Morgan fingerprint density at radius 2 is 1.97 bits per heavy atom. The molecule has 8 nitrogen and oxygen atoms in total. The highest BCUT2D eigenvalue weighted by molar-refractivity contribution is 14.0. The number of nitrogens with one attached hydrogen (secondary N) is 2. The molecule has 0 radical (unpaired) electrons. The summed E-state index contributed by atoms with van der Waals surface area (Å²) in [5, 5.41) is 11.0. The summed E-state index contributed by atoms with van der Waals surface area (Å²) in [6.07, 6.45) is 3.66. The van der Waals surface area contributed by atoms with Gasteiger partial charge in [0.25, 0.3) is 0 Å². The Morgan fingerprint density at radius 3 is 2.55 bits per heavy atom. The number of nitrogens with zero attached hydrogens (tertiary/aromatic N) is 3. The first-order valence-corrected chi connectivity index (χ1v) is 11.3. The van der Waals surface area contributed by atoms with Crippen molar-refractivity contribution in [2.45, 2.75) is 32.9 Å². The van der Waals surface area contributed by atoms with Crippen molar-refractivity contribution >= 4 is 39.8 Å². The van der Waals surface area contributed by atoms with E-state index in [1.165, 1.54) is 6.26 Å². The van der Waals surface area contributed by atoms with E-state index in [2.05, 4.69) is 20.7 Å². The summed E-state index contributed by atoms with van der Waals surface area (Å²) in [6.45, 7) is 5.05. The highest BCUT2D eigenvalue weighted by atomic mass is 127. The Balaban J connectivity index is 0.00000420. The van der Waals surface area contributed by atoms with Crippen molar-refractivity contribution in [3.05, 3.63) is 42.2 Å². The van der Waals surface area contributed by atoms with Crippen LogP contribution >= 0.6 is 24.0 Å². The average Bonchev–Trinajstić information content (AvgIpc) is 3.13. The molecule has 162 valence electrons. The van der Waals surface area contributed by atoms with E-state index in [1.54, 1.807) is 11.8 Å². The van der Waals surface area contributed by atoms with Crippen LogP contribution in [0.15, 0.2) is 41.5 Å². The molecule has 0 amide bonds. The first kappa shape index (κ1) is 25.2. The van der Waals surface area contributed by atoms with Crippen LogP contribution < -0.4 is 15.4 Å². The zero-order valence-corrected chi connectivity index (χ0v) is 20.4. The lowest BCUT2D eigenvalue weighted by Crippen LogP contribution is -2.42. The molecule has 0 saturated heterocycles. The predicted molar refractivity (Wildman–Crippen MR) is 127 cm³/mol. The number of guanidine groups is 1. The van der Waals surface area contributed by atoms with E-state index in [1.807, 2.05) is 50.4 Å². The monoisotopic (exact) mass is 535 g/mol. The van der Waals surface area contributed by atoms with Crippen LogP contribution in [0.2, 0.25) is 0 Å². The Labute approximate surface area is 190 Å². The van der Waals surface area contributed by atoms with Gasteiger partial charge in [-0.2, -0.15) is 5.10 Å². The molecule has 1 heterocycles. The SMILES string of the molecule is CCNC(=NCc1ccn(-c2ccc(OC)cc2)n1)NC(C)CCS(C)(=O)=O.I. The van der Waals surface area contributed by atoms with Crippen molar-refractivity contribution in [3.8, 4) is 11.4 Å². The van der Waals surface area contributed by atoms with Gasteiger partial charge in [-0.25, -0.2) is 18.1 Å². The van der Waals surface area contributed by atoms with Gasteiger partial charge in [-0.1, -0.05) is 0 Å². The molecule has 0 spiro atoms. The van der Waals surface area contributed by atoms with Crippen molar-refractivity contribution in [2.24, 2.45) is 4.99 Å². The molecule has 2 aromatic rings. The number of aromatic nitrogens is 2. The first-order chi connectivity index (χ1) is 13.3. The average molecular weight is 535 g/mol. The van der Waals surface area contributed by atoms with Gasteiger partial charge in [0.15, 0.2) is 5.96 Å². The Hall–Kier alpha value is -1.82. The van der Waals surface area contributed by atoms with Crippen molar-refractivity contribution in [3.63, 3.8) is 0 Å². The predicted octanol–water partition coefficient (Wildman–Crippen LogP) is 2.38. The molecule has 0 aliphatic heterocycles. The Morgan fingerprint density at radius 1 is 1.28 bits per heavy atom. The third-order valence-electron chi connectivity index (χ3n) is 4.03. The largest absolute Gasteiger partial charge is 0.497 e. The number of benzene rings is 1. The summed E-state index contributed by atoms with van der Waals surface area (Å²) >= 11 is 0. The lowest BCUT2D eigenvalue weighted by Gasteiger charge is -2.17. The van der Waals surface area contributed by atoms with Gasteiger partial charge < -0.3 is 15.4 Å². The summed E-state index contributed by atoms with van der Waals surface area (Å²) in [6, 6.07) is 9.57. The minimum Gasteiger partial charge on any atom is -0.497 e. The molecule has 0 fully saturated rings. The molecule has 0 saturated carbocycles. The van der Waals surface area contributed by atoms with Gasteiger partial charge in [-0.15, -0.1) is 24.0 Å². The van der Waals surface area contributed by atoms with E-state index in [-0.39, 0.29) is 35.8 Å². The third-order valence-corrected chi connectivity index (χ3v) is 5.01. The maximum atomic E-state index is 11.3. The summed E-state index contributed by atoms with van der Waals surface area (Å²) < 4.78 is 29.6. The minimum absolute atomic E-state index is 0. The van der Waals surface area contributed by atoms with Crippen LogP contribution in [0.3, 0.4) is 0 Å². The zero-order valence-electron chi connectivity index (χ0n) is 17.3. The molecule has 10 heteroatoms. The van der Waals surface area contributed by atoms with Crippen LogP contribution in [0.1, 0.15) is 26.0 Å². The number of sulfone groups is 1. The van der Waals surface area contributed by atoms with Gasteiger partial charge in [-0.3, -0.25) is 0 Å². The van der Waals surface area contributed by atoms with Crippen LogP contribution in [0.25, 0.3) is 5.69 Å². The minimum atomic E-state index is -2.97. The summed E-state index contributed by atoms with van der Waals surface area (Å²) in [4.78, 5) is 4.55. The van der Waals surface area contributed by atoms with E-state index in [0.717, 1.165) is 17.1 Å².